The molecule has 1 N–H and O–H groups in total. The molecule has 1 aromatic rings. The molecule has 0 radical (unpaired) electrons. The minimum Gasteiger partial charge on any atom is -0.394 e. The monoisotopic (exact) mass is 248 g/mol. The van der Waals surface area contributed by atoms with Crippen molar-refractivity contribution in [3.63, 3.8) is 0 Å². The van der Waals surface area contributed by atoms with Gasteiger partial charge in [0.25, 0.3) is 5.69 Å². The van der Waals surface area contributed by atoms with Crippen molar-refractivity contribution in [1.82, 2.24) is 0 Å². The molecule has 0 amide bonds. The second-order valence-electron chi connectivity index (χ2n) is 5.16. The molecule has 96 valence electrons. The van der Waals surface area contributed by atoms with E-state index in [1.807, 2.05) is 0 Å². The van der Waals surface area contributed by atoms with Gasteiger partial charge in [0, 0.05) is 23.9 Å². The van der Waals surface area contributed by atoms with Crippen LogP contribution >= 0.6 is 0 Å². The smallest absolute Gasteiger partial charge is 0.269 e. The largest absolute Gasteiger partial charge is 0.394 e. The van der Waals surface area contributed by atoms with Crippen LogP contribution in [0.5, 0.6) is 0 Å². The minimum atomic E-state index is -0.385. The molecule has 2 aliphatic rings. The summed E-state index contributed by atoms with van der Waals surface area (Å²) in [5.74, 6) is 0.579. The van der Waals surface area contributed by atoms with E-state index in [1.165, 1.54) is 18.6 Å². The van der Waals surface area contributed by atoms with Crippen LogP contribution in [0.3, 0.4) is 0 Å². The Hall–Kier alpha value is -1.62. The maximum atomic E-state index is 10.6. The van der Waals surface area contributed by atoms with E-state index in [2.05, 4.69) is 4.90 Å². The van der Waals surface area contributed by atoms with Gasteiger partial charge in [-0.1, -0.05) is 0 Å². The number of non-ortho nitro benzene ring substituents is 1. The van der Waals surface area contributed by atoms with Gasteiger partial charge >= 0.3 is 0 Å². The standard InChI is InChI=1S/C13H16N2O3/c16-8-13-9-1-2-12(7-9)14(13)10-3-5-11(6-4-10)15(17)18/h3-6,9,12-13,16H,1-2,7-8H2. The van der Waals surface area contributed by atoms with Crippen molar-refractivity contribution in [2.24, 2.45) is 5.92 Å². The van der Waals surface area contributed by atoms with Gasteiger partial charge in [0.05, 0.1) is 17.6 Å². The maximum absolute atomic E-state index is 10.6. The number of anilines is 1. The first-order valence-electron chi connectivity index (χ1n) is 6.34. The predicted molar refractivity (Wildman–Crippen MR) is 67.6 cm³/mol. The maximum Gasteiger partial charge on any atom is 0.269 e. The van der Waals surface area contributed by atoms with Crippen LogP contribution in [0.1, 0.15) is 19.3 Å². The topological polar surface area (TPSA) is 66.6 Å². The summed E-state index contributed by atoms with van der Waals surface area (Å²) in [6.45, 7) is 0.165. The number of hydrogen-bond donors (Lipinski definition) is 1. The van der Waals surface area contributed by atoms with Crippen molar-refractivity contribution in [2.45, 2.75) is 31.3 Å². The molecule has 2 bridgehead atoms. The normalized spacial score (nSPS) is 29.8. The van der Waals surface area contributed by atoms with Gasteiger partial charge in [0.15, 0.2) is 0 Å². The number of aliphatic hydroxyl groups is 1. The lowest BCUT2D eigenvalue weighted by Gasteiger charge is -2.36. The average molecular weight is 248 g/mol. The zero-order valence-corrected chi connectivity index (χ0v) is 10.0. The Labute approximate surface area is 105 Å². The number of fused-ring (bicyclic) bond motifs is 2. The number of piperidine rings is 1. The van der Waals surface area contributed by atoms with Crippen LogP contribution in [0.25, 0.3) is 0 Å². The van der Waals surface area contributed by atoms with Crippen LogP contribution in [-0.4, -0.2) is 28.7 Å². The number of benzene rings is 1. The number of hydrogen-bond acceptors (Lipinski definition) is 4. The molecular formula is C13H16N2O3. The lowest BCUT2D eigenvalue weighted by Crippen LogP contribution is -2.43. The summed E-state index contributed by atoms with van der Waals surface area (Å²) >= 11 is 0. The number of nitrogens with zero attached hydrogens (tertiary/aromatic N) is 2. The Balaban J connectivity index is 1.87. The SMILES string of the molecule is O=[N+]([O-])c1ccc(N2C3CCC(C3)C2CO)cc1. The highest BCUT2D eigenvalue weighted by Crippen LogP contribution is 2.44. The fourth-order valence-electron chi connectivity index (χ4n) is 3.48. The quantitative estimate of drug-likeness (QED) is 0.655. The zero-order valence-electron chi connectivity index (χ0n) is 10.0. The number of aliphatic hydroxyl groups excluding tert-OH is 1. The van der Waals surface area contributed by atoms with E-state index >= 15 is 0 Å². The number of nitro benzene ring substituents is 1. The fraction of sp³-hybridized carbons (Fsp3) is 0.538. The Morgan fingerprint density at radius 3 is 2.67 bits per heavy atom. The fourth-order valence-corrected chi connectivity index (χ4v) is 3.48. The first-order chi connectivity index (χ1) is 8.70. The number of rotatable bonds is 3. The van der Waals surface area contributed by atoms with Crippen LogP contribution in [0.4, 0.5) is 11.4 Å². The molecule has 1 aromatic carbocycles. The first-order valence-corrected chi connectivity index (χ1v) is 6.34. The summed E-state index contributed by atoms with van der Waals surface area (Å²) in [7, 11) is 0. The minimum absolute atomic E-state index is 0.114. The van der Waals surface area contributed by atoms with Crippen molar-refractivity contribution in [2.75, 3.05) is 11.5 Å². The van der Waals surface area contributed by atoms with Gasteiger partial charge < -0.3 is 10.0 Å². The van der Waals surface area contributed by atoms with Crippen LogP contribution in [0.15, 0.2) is 24.3 Å². The summed E-state index contributed by atoms with van der Waals surface area (Å²) < 4.78 is 0. The van der Waals surface area contributed by atoms with Crippen LogP contribution in [0, 0.1) is 16.0 Å². The van der Waals surface area contributed by atoms with Crippen molar-refractivity contribution in [3.05, 3.63) is 34.4 Å². The van der Waals surface area contributed by atoms with E-state index in [0.717, 1.165) is 18.5 Å². The van der Waals surface area contributed by atoms with Gasteiger partial charge in [-0.2, -0.15) is 0 Å². The Morgan fingerprint density at radius 1 is 1.33 bits per heavy atom. The van der Waals surface area contributed by atoms with Crippen molar-refractivity contribution in [3.8, 4) is 0 Å². The average Bonchev–Trinajstić information content (AvgIpc) is 2.98. The summed E-state index contributed by atoms with van der Waals surface area (Å²) in [5, 5.41) is 20.1. The Morgan fingerprint density at radius 2 is 2.06 bits per heavy atom. The molecule has 1 saturated carbocycles. The van der Waals surface area contributed by atoms with Crippen LogP contribution in [-0.2, 0) is 0 Å². The molecule has 1 aliphatic heterocycles. The highest BCUT2D eigenvalue weighted by Gasteiger charge is 2.45. The molecule has 5 heteroatoms. The van der Waals surface area contributed by atoms with Gasteiger partial charge in [-0.25, -0.2) is 0 Å². The molecule has 1 heterocycles. The molecular weight excluding hydrogens is 232 g/mol. The summed E-state index contributed by atoms with van der Waals surface area (Å²) in [4.78, 5) is 12.5. The molecule has 3 atom stereocenters. The lowest BCUT2D eigenvalue weighted by atomic mass is 9.99. The van der Waals surface area contributed by atoms with Gasteiger partial charge in [-0.3, -0.25) is 10.1 Å². The predicted octanol–water partition coefficient (Wildman–Crippen LogP) is 1.94. The molecule has 3 rings (SSSR count). The molecule has 0 spiro atoms. The van der Waals surface area contributed by atoms with Gasteiger partial charge in [-0.05, 0) is 37.3 Å². The van der Waals surface area contributed by atoms with Crippen LogP contribution < -0.4 is 4.90 Å². The van der Waals surface area contributed by atoms with Gasteiger partial charge in [-0.15, -0.1) is 0 Å². The molecule has 5 nitrogen and oxygen atoms in total. The third kappa shape index (κ3) is 1.66. The third-order valence-electron chi connectivity index (χ3n) is 4.29. The molecule has 1 saturated heterocycles. The number of nitro groups is 1. The summed E-state index contributed by atoms with van der Waals surface area (Å²) in [6, 6.07) is 7.34. The Kier molecular flexibility index (Phi) is 2.70. The molecule has 0 aromatic heterocycles. The Bertz CT molecular complexity index is 460. The zero-order chi connectivity index (χ0) is 12.7. The second kappa shape index (κ2) is 4.24. The van der Waals surface area contributed by atoms with Crippen molar-refractivity contribution < 1.29 is 10.0 Å². The van der Waals surface area contributed by atoms with E-state index in [-0.39, 0.29) is 23.3 Å². The summed E-state index contributed by atoms with van der Waals surface area (Å²) in [5.41, 5.74) is 1.11. The highest BCUT2D eigenvalue weighted by molar-refractivity contribution is 5.54. The summed E-state index contributed by atoms with van der Waals surface area (Å²) in [6.07, 6.45) is 3.50. The van der Waals surface area contributed by atoms with E-state index in [4.69, 9.17) is 0 Å². The van der Waals surface area contributed by atoms with E-state index < -0.39 is 0 Å². The van der Waals surface area contributed by atoms with Crippen molar-refractivity contribution >= 4 is 11.4 Å². The van der Waals surface area contributed by atoms with Crippen LogP contribution in [0.2, 0.25) is 0 Å². The van der Waals surface area contributed by atoms with E-state index in [1.54, 1.807) is 12.1 Å². The molecule has 3 unspecified atom stereocenters. The highest BCUT2D eigenvalue weighted by atomic mass is 16.6. The third-order valence-corrected chi connectivity index (χ3v) is 4.29. The molecule has 18 heavy (non-hydrogen) atoms. The van der Waals surface area contributed by atoms with Gasteiger partial charge in [0.2, 0.25) is 0 Å². The van der Waals surface area contributed by atoms with Crippen molar-refractivity contribution in [1.29, 1.82) is 0 Å². The van der Waals surface area contributed by atoms with E-state index in [9.17, 15) is 15.2 Å². The molecule has 2 fully saturated rings. The van der Waals surface area contributed by atoms with Gasteiger partial charge in [0.1, 0.15) is 0 Å². The molecule has 1 aliphatic carbocycles. The lowest BCUT2D eigenvalue weighted by molar-refractivity contribution is -0.384. The first kappa shape index (κ1) is 11.5. The second-order valence-corrected chi connectivity index (χ2v) is 5.16. The van der Waals surface area contributed by atoms with E-state index in [0.29, 0.717) is 12.0 Å².